The summed E-state index contributed by atoms with van der Waals surface area (Å²) in [5, 5.41) is 12.4. The summed E-state index contributed by atoms with van der Waals surface area (Å²) in [6.07, 6.45) is 2.80. The van der Waals surface area contributed by atoms with E-state index in [1.165, 1.54) is 0 Å². The summed E-state index contributed by atoms with van der Waals surface area (Å²) in [6, 6.07) is 18.0. The molecule has 1 fully saturated rings. The zero-order chi connectivity index (χ0) is 18.5. The average Bonchev–Trinajstić information content (AvgIpc) is 2.65. The number of amides is 1. The maximum atomic E-state index is 13.2. The number of rotatable bonds is 7. The Morgan fingerprint density at radius 3 is 2.19 bits per heavy atom. The van der Waals surface area contributed by atoms with Gasteiger partial charge in [-0.2, -0.15) is 5.48 Å². The Labute approximate surface area is 155 Å². The number of hydroxylamine groups is 1. The maximum absolute atomic E-state index is 13.2. The fourth-order valence-electron chi connectivity index (χ4n) is 3.51. The van der Waals surface area contributed by atoms with Crippen LogP contribution in [0.25, 0.3) is 11.1 Å². The lowest BCUT2D eigenvalue weighted by Crippen LogP contribution is -2.59. The zero-order valence-electron chi connectivity index (χ0n) is 15.4. The van der Waals surface area contributed by atoms with Gasteiger partial charge in [-0.1, -0.05) is 42.5 Å². The van der Waals surface area contributed by atoms with E-state index in [4.69, 9.17) is 0 Å². The van der Waals surface area contributed by atoms with Crippen molar-refractivity contribution in [3.05, 3.63) is 60.2 Å². The van der Waals surface area contributed by atoms with E-state index in [2.05, 4.69) is 22.9 Å². The maximum Gasteiger partial charge on any atom is 0.254 e. The summed E-state index contributed by atoms with van der Waals surface area (Å²) in [6.45, 7) is 1.96. The van der Waals surface area contributed by atoms with Crippen LogP contribution >= 0.6 is 0 Å². The number of nitrogens with zero attached hydrogens (tertiary/aromatic N) is 1. The summed E-state index contributed by atoms with van der Waals surface area (Å²) >= 11 is 0. The quantitative estimate of drug-likeness (QED) is 0.528. The lowest BCUT2D eigenvalue weighted by molar-refractivity contribution is 0.0163. The molecule has 1 amide bonds. The number of hydrogen-bond donors (Lipinski definition) is 3. The van der Waals surface area contributed by atoms with Crippen LogP contribution in [-0.2, 0) is 0 Å². The van der Waals surface area contributed by atoms with Crippen molar-refractivity contribution in [3.63, 3.8) is 0 Å². The third-order valence-corrected chi connectivity index (χ3v) is 5.31. The third-order valence-electron chi connectivity index (χ3n) is 5.31. The Morgan fingerprint density at radius 2 is 1.69 bits per heavy atom. The zero-order valence-corrected chi connectivity index (χ0v) is 15.4. The van der Waals surface area contributed by atoms with Crippen LogP contribution < -0.4 is 10.8 Å². The van der Waals surface area contributed by atoms with E-state index in [1.54, 1.807) is 7.05 Å². The monoisotopic (exact) mass is 353 g/mol. The first-order valence-corrected chi connectivity index (χ1v) is 9.20. The molecule has 0 heterocycles. The Kier molecular flexibility index (Phi) is 6.04. The van der Waals surface area contributed by atoms with E-state index in [-0.39, 0.29) is 24.2 Å². The molecule has 2 unspecified atom stereocenters. The number of carbonyl (C=O) groups is 1. The molecule has 0 aliphatic heterocycles. The summed E-state index contributed by atoms with van der Waals surface area (Å²) in [4.78, 5) is 15.1. The van der Waals surface area contributed by atoms with E-state index in [1.807, 2.05) is 54.3 Å². The topological polar surface area (TPSA) is 64.6 Å². The molecule has 5 heteroatoms. The molecule has 1 saturated carbocycles. The highest BCUT2D eigenvalue weighted by Gasteiger charge is 2.35. The first-order valence-electron chi connectivity index (χ1n) is 9.20. The molecule has 2 atom stereocenters. The second-order valence-corrected chi connectivity index (χ2v) is 6.88. The van der Waals surface area contributed by atoms with Crippen LogP contribution in [0.2, 0.25) is 0 Å². The van der Waals surface area contributed by atoms with Crippen LogP contribution in [0.5, 0.6) is 0 Å². The predicted octanol–water partition coefficient (Wildman–Crippen LogP) is 3.26. The van der Waals surface area contributed by atoms with Crippen LogP contribution in [-0.4, -0.2) is 41.3 Å². The molecule has 2 aromatic carbocycles. The summed E-state index contributed by atoms with van der Waals surface area (Å²) in [5.74, 6) is 0.0114. The van der Waals surface area contributed by atoms with Crippen molar-refractivity contribution in [1.82, 2.24) is 15.7 Å². The molecule has 0 radical (unpaired) electrons. The van der Waals surface area contributed by atoms with Crippen molar-refractivity contribution in [2.45, 2.75) is 44.4 Å². The lowest BCUT2D eigenvalue weighted by atomic mass is 9.89. The summed E-state index contributed by atoms with van der Waals surface area (Å²) in [5.41, 5.74) is 5.17. The van der Waals surface area contributed by atoms with Gasteiger partial charge in [0.05, 0.1) is 6.04 Å². The summed E-state index contributed by atoms with van der Waals surface area (Å²) < 4.78 is 0. The number of nitrogens with one attached hydrogen (secondary N) is 2. The largest absolute Gasteiger partial charge is 0.330 e. The molecule has 0 bridgehead atoms. The molecule has 138 valence electrons. The molecule has 26 heavy (non-hydrogen) atoms. The number of likely N-dealkylation sites (N-methyl/N-ethyl adjacent to an activating group) is 1. The van der Waals surface area contributed by atoms with Gasteiger partial charge < -0.3 is 15.4 Å². The molecule has 0 aromatic heterocycles. The van der Waals surface area contributed by atoms with Gasteiger partial charge in [0.2, 0.25) is 0 Å². The van der Waals surface area contributed by atoms with Gasteiger partial charge in [-0.25, -0.2) is 0 Å². The fourth-order valence-corrected chi connectivity index (χ4v) is 3.51. The molecule has 0 saturated heterocycles. The molecular weight excluding hydrogens is 326 g/mol. The van der Waals surface area contributed by atoms with Gasteiger partial charge in [0.15, 0.2) is 0 Å². The van der Waals surface area contributed by atoms with Crippen molar-refractivity contribution >= 4 is 5.91 Å². The van der Waals surface area contributed by atoms with E-state index in [0.717, 1.165) is 30.4 Å². The van der Waals surface area contributed by atoms with Crippen molar-refractivity contribution in [3.8, 4) is 11.1 Å². The van der Waals surface area contributed by atoms with Crippen LogP contribution in [0, 0.1) is 0 Å². The first-order chi connectivity index (χ1) is 12.7. The van der Waals surface area contributed by atoms with Gasteiger partial charge in [-0.05, 0) is 56.5 Å². The van der Waals surface area contributed by atoms with Crippen LogP contribution in [0.3, 0.4) is 0 Å². The average molecular weight is 353 g/mol. The van der Waals surface area contributed by atoms with Crippen LogP contribution in [0.1, 0.15) is 36.5 Å². The van der Waals surface area contributed by atoms with Crippen LogP contribution in [0.4, 0.5) is 0 Å². The van der Waals surface area contributed by atoms with Gasteiger partial charge in [-0.3, -0.25) is 4.79 Å². The van der Waals surface area contributed by atoms with Gasteiger partial charge in [-0.15, -0.1) is 0 Å². The van der Waals surface area contributed by atoms with E-state index in [0.29, 0.717) is 5.56 Å². The molecule has 3 rings (SSSR count). The number of carbonyl (C=O) groups excluding carboxylic acids is 1. The molecule has 5 nitrogen and oxygen atoms in total. The highest BCUT2D eigenvalue weighted by atomic mass is 16.5. The molecule has 2 aromatic rings. The first kappa shape index (κ1) is 18.6. The minimum atomic E-state index is -0.372. The highest BCUT2D eigenvalue weighted by Crippen LogP contribution is 2.29. The molecule has 3 N–H and O–H groups in total. The number of hydrogen-bond acceptors (Lipinski definition) is 4. The lowest BCUT2D eigenvalue weighted by Gasteiger charge is -2.43. The summed E-state index contributed by atoms with van der Waals surface area (Å²) in [7, 11) is 1.77. The van der Waals surface area contributed by atoms with Gasteiger partial charge in [0.1, 0.15) is 6.17 Å². The Morgan fingerprint density at radius 1 is 1.08 bits per heavy atom. The second-order valence-electron chi connectivity index (χ2n) is 6.88. The minimum absolute atomic E-state index is 0.0114. The molecular formula is C21H27N3O2. The SMILES string of the molecule is CNC(NO)C(C)N(C(=O)c1ccc(-c2ccccc2)cc1)C1CCC1. The minimum Gasteiger partial charge on any atom is -0.330 e. The van der Waals surface area contributed by atoms with Crippen LogP contribution in [0.15, 0.2) is 54.6 Å². The standard InChI is InChI=1S/C21H27N3O2/c1-15(20(22-2)23-26)24(19-9-6-10-19)21(25)18-13-11-17(12-14-18)16-7-4-3-5-8-16/h3-5,7-8,11-15,19-20,22-23,26H,6,9-10H2,1-2H3. The highest BCUT2D eigenvalue weighted by molar-refractivity contribution is 5.95. The van der Waals surface area contributed by atoms with Gasteiger partial charge in [0.25, 0.3) is 5.91 Å². The van der Waals surface area contributed by atoms with Crippen molar-refractivity contribution in [2.24, 2.45) is 0 Å². The molecule has 1 aliphatic carbocycles. The normalized spacial score (nSPS) is 16.6. The Bertz CT molecular complexity index is 710. The predicted molar refractivity (Wildman–Crippen MR) is 103 cm³/mol. The number of benzene rings is 2. The van der Waals surface area contributed by atoms with E-state index in [9.17, 15) is 10.0 Å². The van der Waals surface area contributed by atoms with Crippen molar-refractivity contribution in [1.29, 1.82) is 0 Å². The molecule has 1 aliphatic rings. The Hall–Kier alpha value is -2.21. The Balaban J connectivity index is 1.82. The van der Waals surface area contributed by atoms with Gasteiger partial charge in [0, 0.05) is 11.6 Å². The van der Waals surface area contributed by atoms with E-state index >= 15 is 0 Å². The van der Waals surface area contributed by atoms with Crippen molar-refractivity contribution in [2.75, 3.05) is 7.05 Å². The smallest absolute Gasteiger partial charge is 0.254 e. The molecule has 0 spiro atoms. The fraction of sp³-hybridized carbons (Fsp3) is 0.381. The third kappa shape index (κ3) is 3.80. The van der Waals surface area contributed by atoms with Gasteiger partial charge >= 0.3 is 0 Å². The second kappa shape index (κ2) is 8.45. The van der Waals surface area contributed by atoms with E-state index < -0.39 is 0 Å². The van der Waals surface area contributed by atoms with Crippen molar-refractivity contribution < 1.29 is 10.0 Å².